The van der Waals surface area contributed by atoms with Crippen molar-refractivity contribution in [3.8, 4) is 11.5 Å². The molecule has 21 heavy (non-hydrogen) atoms. The van der Waals surface area contributed by atoms with E-state index in [1.165, 1.54) is 24.5 Å². The Morgan fingerprint density at radius 3 is 2.71 bits per heavy atom. The molecule has 0 aliphatic heterocycles. The molecule has 0 spiro atoms. The molecule has 0 aromatic heterocycles. The van der Waals surface area contributed by atoms with Crippen LogP contribution in [0.4, 0.5) is 4.39 Å². The van der Waals surface area contributed by atoms with Gasteiger partial charge in [-0.3, -0.25) is 0 Å². The Labute approximate surface area is 125 Å². The van der Waals surface area contributed by atoms with E-state index in [2.05, 4.69) is 18.3 Å². The standard InChI is InChI=1S/C18H20FNO/c1-12-4-3-5-17(13(12)2)21-18-9-6-15(19)10-14(18)11-20-16-7-8-16/h3-6,9-10,16,20H,7-8,11H2,1-2H3. The smallest absolute Gasteiger partial charge is 0.132 e. The van der Waals surface area contributed by atoms with Crippen molar-refractivity contribution in [2.75, 3.05) is 0 Å². The van der Waals surface area contributed by atoms with Gasteiger partial charge in [0.25, 0.3) is 0 Å². The van der Waals surface area contributed by atoms with Crippen LogP contribution in [0.25, 0.3) is 0 Å². The summed E-state index contributed by atoms with van der Waals surface area (Å²) in [4.78, 5) is 0. The van der Waals surface area contributed by atoms with E-state index < -0.39 is 0 Å². The van der Waals surface area contributed by atoms with Gasteiger partial charge in [0.05, 0.1) is 0 Å². The van der Waals surface area contributed by atoms with Gasteiger partial charge >= 0.3 is 0 Å². The van der Waals surface area contributed by atoms with Gasteiger partial charge in [0.1, 0.15) is 17.3 Å². The summed E-state index contributed by atoms with van der Waals surface area (Å²) in [5, 5.41) is 3.41. The van der Waals surface area contributed by atoms with E-state index in [1.807, 2.05) is 19.1 Å². The normalized spacial score (nSPS) is 14.2. The lowest BCUT2D eigenvalue weighted by atomic mass is 10.1. The molecule has 1 aliphatic rings. The van der Waals surface area contributed by atoms with Gasteiger partial charge < -0.3 is 10.1 Å². The van der Waals surface area contributed by atoms with Crippen molar-refractivity contribution in [1.82, 2.24) is 5.32 Å². The fourth-order valence-corrected chi connectivity index (χ4v) is 2.28. The van der Waals surface area contributed by atoms with E-state index in [1.54, 1.807) is 12.1 Å². The Morgan fingerprint density at radius 1 is 1.14 bits per heavy atom. The number of benzene rings is 2. The molecule has 0 saturated heterocycles. The van der Waals surface area contributed by atoms with Gasteiger partial charge in [-0.15, -0.1) is 0 Å². The molecule has 0 atom stereocenters. The molecule has 1 N–H and O–H groups in total. The molecule has 2 nitrogen and oxygen atoms in total. The van der Waals surface area contributed by atoms with Crippen LogP contribution < -0.4 is 10.1 Å². The van der Waals surface area contributed by atoms with Gasteiger partial charge in [-0.2, -0.15) is 0 Å². The molecule has 0 unspecified atom stereocenters. The van der Waals surface area contributed by atoms with Gasteiger partial charge in [-0.05, 0) is 62.1 Å². The highest BCUT2D eigenvalue weighted by molar-refractivity contribution is 5.43. The maximum atomic E-state index is 13.5. The molecule has 0 heterocycles. The van der Waals surface area contributed by atoms with E-state index in [-0.39, 0.29) is 5.82 Å². The molecular formula is C18H20FNO. The Bertz CT molecular complexity index is 650. The van der Waals surface area contributed by atoms with Crippen molar-refractivity contribution in [3.63, 3.8) is 0 Å². The van der Waals surface area contributed by atoms with E-state index in [0.29, 0.717) is 12.6 Å². The van der Waals surface area contributed by atoms with Gasteiger partial charge in [0, 0.05) is 18.2 Å². The third kappa shape index (κ3) is 3.42. The lowest BCUT2D eigenvalue weighted by Crippen LogP contribution is -2.16. The molecule has 1 fully saturated rings. The van der Waals surface area contributed by atoms with Crippen molar-refractivity contribution >= 4 is 0 Å². The predicted octanol–water partition coefficient (Wildman–Crippen LogP) is 4.49. The number of hydrogen-bond donors (Lipinski definition) is 1. The molecule has 2 aromatic rings. The molecule has 1 aliphatic carbocycles. The van der Waals surface area contributed by atoms with Gasteiger partial charge in [0.15, 0.2) is 0 Å². The average molecular weight is 285 g/mol. The summed E-state index contributed by atoms with van der Waals surface area (Å²) in [6.07, 6.45) is 2.42. The Morgan fingerprint density at radius 2 is 1.95 bits per heavy atom. The highest BCUT2D eigenvalue weighted by atomic mass is 19.1. The summed E-state index contributed by atoms with van der Waals surface area (Å²) < 4.78 is 19.5. The Kier molecular flexibility index (Phi) is 3.93. The number of halogens is 1. The van der Waals surface area contributed by atoms with Crippen LogP contribution in [0.5, 0.6) is 11.5 Å². The van der Waals surface area contributed by atoms with Crippen LogP contribution in [-0.2, 0) is 6.54 Å². The molecule has 2 aromatic carbocycles. The first-order chi connectivity index (χ1) is 10.1. The minimum atomic E-state index is -0.226. The van der Waals surface area contributed by atoms with E-state index >= 15 is 0 Å². The van der Waals surface area contributed by atoms with E-state index in [0.717, 1.165) is 22.6 Å². The number of aryl methyl sites for hydroxylation is 1. The third-order valence-corrected chi connectivity index (χ3v) is 3.96. The third-order valence-electron chi connectivity index (χ3n) is 3.96. The summed E-state index contributed by atoms with van der Waals surface area (Å²) in [6, 6.07) is 11.3. The van der Waals surface area contributed by atoms with Crippen LogP contribution in [0.3, 0.4) is 0 Å². The lowest BCUT2D eigenvalue weighted by Gasteiger charge is -2.14. The van der Waals surface area contributed by atoms with Crippen LogP contribution in [-0.4, -0.2) is 6.04 Å². The van der Waals surface area contributed by atoms with E-state index in [4.69, 9.17) is 4.74 Å². The van der Waals surface area contributed by atoms with Crippen LogP contribution >= 0.6 is 0 Å². The van der Waals surface area contributed by atoms with Crippen molar-refractivity contribution in [2.24, 2.45) is 0 Å². The summed E-state index contributed by atoms with van der Waals surface area (Å²) in [7, 11) is 0. The first-order valence-electron chi connectivity index (χ1n) is 7.39. The molecule has 0 bridgehead atoms. The maximum absolute atomic E-state index is 13.5. The largest absolute Gasteiger partial charge is 0.457 e. The number of hydrogen-bond acceptors (Lipinski definition) is 2. The average Bonchev–Trinajstić information content (AvgIpc) is 3.28. The SMILES string of the molecule is Cc1cccc(Oc2ccc(F)cc2CNC2CC2)c1C. The van der Waals surface area contributed by atoms with Crippen LogP contribution in [0, 0.1) is 19.7 Å². The highest BCUT2D eigenvalue weighted by Crippen LogP contribution is 2.30. The Balaban J connectivity index is 1.84. The predicted molar refractivity (Wildman–Crippen MR) is 82.3 cm³/mol. The lowest BCUT2D eigenvalue weighted by molar-refractivity contribution is 0.466. The fraction of sp³-hybridized carbons (Fsp3) is 0.333. The van der Waals surface area contributed by atoms with Gasteiger partial charge in [-0.1, -0.05) is 12.1 Å². The second kappa shape index (κ2) is 5.86. The van der Waals surface area contributed by atoms with Gasteiger partial charge in [0.2, 0.25) is 0 Å². The summed E-state index contributed by atoms with van der Waals surface area (Å²) in [6.45, 7) is 4.74. The van der Waals surface area contributed by atoms with Crippen molar-refractivity contribution in [3.05, 3.63) is 58.9 Å². The minimum Gasteiger partial charge on any atom is -0.457 e. The highest BCUT2D eigenvalue weighted by Gasteiger charge is 2.21. The molecule has 3 rings (SSSR count). The zero-order valence-corrected chi connectivity index (χ0v) is 12.4. The summed E-state index contributed by atoms with van der Waals surface area (Å²) in [5.41, 5.74) is 3.16. The minimum absolute atomic E-state index is 0.226. The van der Waals surface area contributed by atoms with Gasteiger partial charge in [-0.25, -0.2) is 4.39 Å². The maximum Gasteiger partial charge on any atom is 0.132 e. The molecule has 1 saturated carbocycles. The van der Waals surface area contributed by atoms with Crippen molar-refractivity contribution in [1.29, 1.82) is 0 Å². The molecule has 110 valence electrons. The quantitative estimate of drug-likeness (QED) is 0.874. The first kappa shape index (κ1) is 14.1. The number of nitrogens with one attached hydrogen (secondary N) is 1. The van der Waals surface area contributed by atoms with E-state index in [9.17, 15) is 4.39 Å². The molecule has 3 heteroatoms. The summed E-state index contributed by atoms with van der Waals surface area (Å²) in [5.74, 6) is 1.32. The fourth-order valence-electron chi connectivity index (χ4n) is 2.28. The van der Waals surface area contributed by atoms with Crippen LogP contribution in [0.2, 0.25) is 0 Å². The second-order valence-electron chi connectivity index (χ2n) is 5.71. The number of rotatable bonds is 5. The number of ether oxygens (including phenoxy) is 1. The van der Waals surface area contributed by atoms with Crippen molar-refractivity contribution < 1.29 is 9.13 Å². The molecule has 0 amide bonds. The summed E-state index contributed by atoms with van der Waals surface area (Å²) >= 11 is 0. The monoisotopic (exact) mass is 285 g/mol. The molecule has 0 radical (unpaired) electrons. The second-order valence-corrected chi connectivity index (χ2v) is 5.71. The molecular weight excluding hydrogens is 265 g/mol. The Hall–Kier alpha value is -1.87. The van der Waals surface area contributed by atoms with Crippen LogP contribution in [0.15, 0.2) is 36.4 Å². The van der Waals surface area contributed by atoms with Crippen molar-refractivity contribution in [2.45, 2.75) is 39.3 Å². The zero-order chi connectivity index (χ0) is 14.8. The van der Waals surface area contributed by atoms with Crippen LogP contribution in [0.1, 0.15) is 29.5 Å². The first-order valence-corrected chi connectivity index (χ1v) is 7.39. The topological polar surface area (TPSA) is 21.3 Å². The zero-order valence-electron chi connectivity index (χ0n) is 12.4.